The van der Waals surface area contributed by atoms with Crippen LogP contribution in [0, 0.1) is 0 Å². The van der Waals surface area contributed by atoms with E-state index in [0.717, 1.165) is 45.8 Å². The van der Waals surface area contributed by atoms with Crippen LogP contribution in [0.4, 0.5) is 0 Å². The van der Waals surface area contributed by atoms with E-state index in [-0.39, 0.29) is 10.8 Å². The predicted molar refractivity (Wildman–Crippen MR) is 143 cm³/mol. The number of hydrogen-bond acceptors (Lipinski definition) is 5. The third-order valence-corrected chi connectivity index (χ3v) is 7.82. The maximum atomic E-state index is 11.4. The quantitative estimate of drug-likeness (QED) is 0.174. The highest BCUT2D eigenvalue weighted by atomic mass is 32.1. The van der Waals surface area contributed by atoms with E-state index in [1.54, 1.807) is 11.3 Å². The first kappa shape index (κ1) is 22.6. The molecular formula is C28H26N2O2S2. The molecule has 0 aliphatic rings. The van der Waals surface area contributed by atoms with Crippen molar-refractivity contribution in [1.82, 2.24) is 9.97 Å². The standard InChI is InChI=1S/C28H26N2O2S2/c31-27-25(34-28(32)30-27)18-26-29-23-15-13-20(17-24(23)33-26)9-5-3-1-2-4-8-19-12-14-21-10-6-7-11-22(21)16-19/h3,5-7,10-17,31H,1-2,4,8-9,18H2,(H,30,32)/b5-3-. The molecule has 5 rings (SSSR count). The first-order chi connectivity index (χ1) is 16.6. The van der Waals surface area contributed by atoms with E-state index in [4.69, 9.17) is 0 Å². The van der Waals surface area contributed by atoms with Crippen molar-refractivity contribution >= 4 is 43.7 Å². The Balaban J connectivity index is 1.10. The van der Waals surface area contributed by atoms with Gasteiger partial charge in [0.05, 0.1) is 20.1 Å². The molecule has 0 radical (unpaired) electrons. The van der Waals surface area contributed by atoms with Gasteiger partial charge in [-0.1, -0.05) is 72.0 Å². The molecular weight excluding hydrogens is 460 g/mol. The molecule has 0 aliphatic heterocycles. The summed E-state index contributed by atoms with van der Waals surface area (Å²) in [5.41, 5.74) is 3.65. The van der Waals surface area contributed by atoms with Gasteiger partial charge in [-0.15, -0.1) is 11.3 Å². The zero-order valence-electron chi connectivity index (χ0n) is 18.8. The second-order valence-corrected chi connectivity index (χ2v) is 10.7. The molecule has 0 amide bonds. The van der Waals surface area contributed by atoms with Crippen LogP contribution in [0.15, 0.2) is 77.6 Å². The maximum absolute atomic E-state index is 11.4. The fourth-order valence-electron chi connectivity index (χ4n) is 4.15. The number of allylic oxidation sites excluding steroid dienone is 2. The van der Waals surface area contributed by atoms with E-state index in [0.29, 0.717) is 11.3 Å². The van der Waals surface area contributed by atoms with Crippen LogP contribution in [0.5, 0.6) is 5.88 Å². The molecule has 0 aliphatic carbocycles. The largest absolute Gasteiger partial charge is 0.494 e. The number of aryl methyl sites for hydroxylation is 1. The SMILES string of the molecule is O=c1[nH]c(O)c(Cc2nc3ccc(C/C=C\CCCCc4ccc5ccccc5c4)cc3s2)s1. The number of fused-ring (bicyclic) bond motifs is 2. The summed E-state index contributed by atoms with van der Waals surface area (Å²) in [7, 11) is 0. The number of H-pyrrole nitrogens is 1. The lowest BCUT2D eigenvalue weighted by atomic mass is 10.0. The summed E-state index contributed by atoms with van der Waals surface area (Å²) in [6.07, 6.45) is 10.6. The van der Waals surface area contributed by atoms with Gasteiger partial charge in [-0.25, -0.2) is 4.98 Å². The minimum atomic E-state index is -0.239. The van der Waals surface area contributed by atoms with Crippen LogP contribution in [0.2, 0.25) is 0 Å². The minimum Gasteiger partial charge on any atom is -0.494 e. The number of thiazole rings is 2. The van der Waals surface area contributed by atoms with Crippen molar-refractivity contribution in [2.75, 3.05) is 0 Å². The lowest BCUT2D eigenvalue weighted by molar-refractivity contribution is 0.451. The highest BCUT2D eigenvalue weighted by Gasteiger charge is 2.11. The lowest BCUT2D eigenvalue weighted by Gasteiger charge is -2.03. The molecule has 5 aromatic rings. The van der Waals surface area contributed by atoms with Crippen LogP contribution in [-0.2, 0) is 19.3 Å². The predicted octanol–water partition coefficient (Wildman–Crippen LogP) is 7.01. The van der Waals surface area contributed by atoms with Gasteiger partial charge in [0.15, 0.2) is 0 Å². The Kier molecular flexibility index (Phi) is 6.88. The van der Waals surface area contributed by atoms with Gasteiger partial charge in [0, 0.05) is 6.42 Å². The fourth-order valence-corrected chi connectivity index (χ4v) is 6.01. The summed E-state index contributed by atoms with van der Waals surface area (Å²) in [6, 6.07) is 21.7. The summed E-state index contributed by atoms with van der Waals surface area (Å²) >= 11 is 2.65. The Labute approximate surface area is 206 Å². The highest BCUT2D eigenvalue weighted by Crippen LogP contribution is 2.28. The summed E-state index contributed by atoms with van der Waals surface area (Å²) < 4.78 is 1.14. The number of rotatable bonds is 9. The number of aromatic hydroxyl groups is 1. The van der Waals surface area contributed by atoms with Crippen molar-refractivity contribution < 1.29 is 5.11 Å². The highest BCUT2D eigenvalue weighted by molar-refractivity contribution is 7.18. The molecule has 6 heteroatoms. The Morgan fingerprint density at radius 1 is 0.912 bits per heavy atom. The number of aromatic nitrogens is 2. The molecule has 2 heterocycles. The van der Waals surface area contributed by atoms with Gasteiger partial charge in [-0.3, -0.25) is 9.78 Å². The lowest BCUT2D eigenvalue weighted by Crippen LogP contribution is -1.89. The molecule has 4 nitrogen and oxygen atoms in total. The van der Waals surface area contributed by atoms with Crippen molar-refractivity contribution in [3.63, 3.8) is 0 Å². The van der Waals surface area contributed by atoms with Crippen LogP contribution in [0.25, 0.3) is 21.0 Å². The molecule has 34 heavy (non-hydrogen) atoms. The monoisotopic (exact) mass is 486 g/mol. The molecule has 0 saturated heterocycles. The van der Waals surface area contributed by atoms with Crippen LogP contribution in [0.3, 0.4) is 0 Å². The van der Waals surface area contributed by atoms with E-state index < -0.39 is 0 Å². The second-order valence-electron chi connectivity index (χ2n) is 8.48. The van der Waals surface area contributed by atoms with E-state index in [1.807, 2.05) is 0 Å². The molecule has 2 aromatic heterocycles. The van der Waals surface area contributed by atoms with Gasteiger partial charge < -0.3 is 5.11 Å². The molecule has 2 N–H and O–H groups in total. The van der Waals surface area contributed by atoms with Crippen molar-refractivity contribution in [2.24, 2.45) is 0 Å². The Morgan fingerprint density at radius 3 is 2.62 bits per heavy atom. The van der Waals surface area contributed by atoms with Crippen LogP contribution < -0.4 is 4.87 Å². The zero-order chi connectivity index (χ0) is 23.3. The number of nitrogens with zero attached hydrogens (tertiary/aromatic N) is 1. The molecule has 0 bridgehead atoms. The van der Waals surface area contributed by atoms with E-state index >= 15 is 0 Å². The molecule has 0 spiro atoms. The van der Waals surface area contributed by atoms with Crippen molar-refractivity contribution in [3.05, 3.63) is 103 Å². The van der Waals surface area contributed by atoms with Crippen LogP contribution in [0.1, 0.15) is 40.3 Å². The van der Waals surface area contributed by atoms with Gasteiger partial charge in [-0.2, -0.15) is 0 Å². The molecule has 172 valence electrons. The summed E-state index contributed by atoms with van der Waals surface area (Å²) in [5, 5.41) is 13.3. The number of hydrogen-bond donors (Lipinski definition) is 2. The van der Waals surface area contributed by atoms with Gasteiger partial charge in [0.2, 0.25) is 5.88 Å². The average Bonchev–Trinajstić information content (AvgIpc) is 3.39. The number of unbranched alkanes of at least 4 members (excludes halogenated alkanes) is 2. The summed E-state index contributed by atoms with van der Waals surface area (Å²) in [5.74, 6) is -0.0441. The van der Waals surface area contributed by atoms with Crippen molar-refractivity contribution in [2.45, 2.75) is 38.5 Å². The molecule has 0 unspecified atom stereocenters. The smallest absolute Gasteiger partial charge is 0.307 e. The van der Waals surface area contributed by atoms with Crippen LogP contribution in [-0.4, -0.2) is 15.1 Å². The van der Waals surface area contributed by atoms with Gasteiger partial charge in [-0.05, 0) is 66.1 Å². The maximum Gasteiger partial charge on any atom is 0.307 e. The molecule has 0 fully saturated rings. The van der Waals surface area contributed by atoms with Gasteiger partial charge in [0.1, 0.15) is 0 Å². The van der Waals surface area contributed by atoms with Crippen LogP contribution >= 0.6 is 22.7 Å². The average molecular weight is 487 g/mol. The van der Waals surface area contributed by atoms with E-state index in [2.05, 4.69) is 82.8 Å². The zero-order valence-corrected chi connectivity index (χ0v) is 20.4. The number of nitrogens with one attached hydrogen (secondary N) is 1. The van der Waals surface area contributed by atoms with Gasteiger partial charge in [0.25, 0.3) is 0 Å². The number of aromatic amines is 1. The minimum absolute atomic E-state index is 0.0441. The fraction of sp³-hybridized carbons (Fsp3) is 0.214. The third kappa shape index (κ3) is 5.46. The molecule has 0 atom stereocenters. The second kappa shape index (κ2) is 10.4. The normalized spacial score (nSPS) is 11.8. The number of benzene rings is 3. The first-order valence-corrected chi connectivity index (χ1v) is 13.2. The van der Waals surface area contributed by atoms with Crippen molar-refractivity contribution in [1.29, 1.82) is 0 Å². The Morgan fingerprint density at radius 2 is 1.76 bits per heavy atom. The molecule has 3 aromatic carbocycles. The Bertz CT molecular complexity index is 1510. The third-order valence-electron chi connectivity index (χ3n) is 5.93. The first-order valence-electron chi connectivity index (χ1n) is 11.6. The molecule has 0 saturated carbocycles. The van der Waals surface area contributed by atoms with E-state index in [9.17, 15) is 9.90 Å². The topological polar surface area (TPSA) is 66.0 Å². The van der Waals surface area contributed by atoms with Crippen molar-refractivity contribution in [3.8, 4) is 5.88 Å². The van der Waals surface area contributed by atoms with E-state index in [1.165, 1.54) is 34.7 Å². The summed E-state index contributed by atoms with van der Waals surface area (Å²) in [6.45, 7) is 0. The Hall–Kier alpha value is -3.22. The summed E-state index contributed by atoms with van der Waals surface area (Å²) in [4.78, 5) is 18.8. The van der Waals surface area contributed by atoms with Gasteiger partial charge >= 0.3 is 4.87 Å².